The summed E-state index contributed by atoms with van der Waals surface area (Å²) >= 11 is 3.11. The van der Waals surface area contributed by atoms with E-state index in [0.717, 1.165) is 5.69 Å². The van der Waals surface area contributed by atoms with Gasteiger partial charge in [0.25, 0.3) is 5.91 Å². The van der Waals surface area contributed by atoms with Gasteiger partial charge >= 0.3 is 0 Å². The summed E-state index contributed by atoms with van der Waals surface area (Å²) in [4.78, 5) is 16.6. The van der Waals surface area contributed by atoms with E-state index in [1.54, 1.807) is 30.5 Å². The van der Waals surface area contributed by atoms with Crippen LogP contribution in [0.2, 0.25) is 0 Å². The molecule has 3 aromatic rings. The lowest BCUT2D eigenvalue weighted by Gasteiger charge is -2.12. The van der Waals surface area contributed by atoms with Crippen LogP contribution >= 0.6 is 15.9 Å². The quantitative estimate of drug-likeness (QED) is 0.613. The van der Waals surface area contributed by atoms with Gasteiger partial charge < -0.3 is 15.8 Å². The van der Waals surface area contributed by atoms with E-state index >= 15 is 0 Å². The number of amides is 1. The Bertz CT molecular complexity index is 934. The Labute approximate surface area is 164 Å². The number of nitrogens with one attached hydrogen (secondary N) is 1. The van der Waals surface area contributed by atoms with Gasteiger partial charge in [-0.05, 0) is 70.0 Å². The molecule has 138 valence electrons. The molecule has 3 N–H and O–H groups in total. The Hall–Kier alpha value is -2.77. The minimum Gasteiger partial charge on any atom is -0.487 e. The first-order valence-electron chi connectivity index (χ1n) is 8.19. The number of benzene rings is 2. The smallest absolute Gasteiger partial charge is 0.255 e. The molecular formula is C20H17BrFN3O2. The van der Waals surface area contributed by atoms with Gasteiger partial charge in [0.1, 0.15) is 18.2 Å². The minimum absolute atomic E-state index is 0.111. The first-order chi connectivity index (χ1) is 13.1. The Morgan fingerprint density at radius 3 is 2.63 bits per heavy atom. The number of nitrogens with zero attached hydrogens (tertiary/aromatic N) is 1. The summed E-state index contributed by atoms with van der Waals surface area (Å²) in [6.45, 7) is 0.454. The van der Waals surface area contributed by atoms with Crippen molar-refractivity contribution in [2.45, 2.75) is 13.2 Å². The molecule has 0 unspecified atom stereocenters. The second kappa shape index (κ2) is 8.75. The van der Waals surface area contributed by atoms with Crippen LogP contribution in [0.3, 0.4) is 0 Å². The van der Waals surface area contributed by atoms with Crippen LogP contribution in [0.5, 0.6) is 5.75 Å². The van der Waals surface area contributed by atoms with Crippen LogP contribution in [-0.4, -0.2) is 10.9 Å². The third-order valence-electron chi connectivity index (χ3n) is 3.84. The Kier molecular flexibility index (Phi) is 6.16. The van der Waals surface area contributed by atoms with E-state index in [4.69, 9.17) is 10.5 Å². The van der Waals surface area contributed by atoms with Gasteiger partial charge in [0.15, 0.2) is 0 Å². The summed E-state index contributed by atoms with van der Waals surface area (Å²) in [7, 11) is 0. The monoisotopic (exact) mass is 429 g/mol. The molecule has 1 heterocycles. The van der Waals surface area contributed by atoms with Gasteiger partial charge in [-0.2, -0.15) is 0 Å². The van der Waals surface area contributed by atoms with E-state index in [1.165, 1.54) is 12.1 Å². The number of halogens is 2. The molecule has 1 aromatic heterocycles. The molecule has 0 fully saturated rings. The van der Waals surface area contributed by atoms with Crippen LogP contribution < -0.4 is 15.8 Å². The van der Waals surface area contributed by atoms with Crippen molar-refractivity contribution in [2.24, 2.45) is 5.73 Å². The minimum atomic E-state index is -0.428. The van der Waals surface area contributed by atoms with Gasteiger partial charge in [-0.15, -0.1) is 0 Å². The standard InChI is InChI=1S/C20H17BrFN3O2/c21-17-10-19(14(11-23)9-18(17)22)25-20(26)13-4-6-16(7-5-13)27-12-15-3-1-2-8-24-15/h1-10H,11-12,23H2,(H,25,26). The van der Waals surface area contributed by atoms with Crippen LogP contribution in [0, 0.1) is 5.82 Å². The number of aromatic nitrogens is 1. The van der Waals surface area contributed by atoms with Crippen molar-refractivity contribution in [3.8, 4) is 5.75 Å². The van der Waals surface area contributed by atoms with Crippen molar-refractivity contribution >= 4 is 27.5 Å². The number of pyridine rings is 1. The molecule has 0 spiro atoms. The molecule has 0 aliphatic carbocycles. The summed E-state index contributed by atoms with van der Waals surface area (Å²) in [6.07, 6.45) is 1.70. The number of carbonyl (C=O) groups is 1. The first kappa shape index (κ1) is 19.0. The van der Waals surface area contributed by atoms with Gasteiger partial charge in [0, 0.05) is 24.0 Å². The summed E-state index contributed by atoms with van der Waals surface area (Å²) in [5.74, 6) is -0.119. The van der Waals surface area contributed by atoms with Gasteiger partial charge in [0.2, 0.25) is 0 Å². The van der Waals surface area contributed by atoms with Gasteiger partial charge in [-0.1, -0.05) is 6.07 Å². The number of hydrogen-bond donors (Lipinski definition) is 2. The summed E-state index contributed by atoms with van der Waals surface area (Å²) in [5.41, 5.74) is 7.87. The Morgan fingerprint density at radius 2 is 1.96 bits per heavy atom. The lowest BCUT2D eigenvalue weighted by Crippen LogP contribution is -2.14. The number of ether oxygens (including phenoxy) is 1. The van der Waals surface area contributed by atoms with Crippen LogP contribution in [0.4, 0.5) is 10.1 Å². The molecular weight excluding hydrogens is 413 g/mol. The molecule has 0 aliphatic rings. The fourth-order valence-corrected chi connectivity index (χ4v) is 2.75. The van der Waals surface area contributed by atoms with E-state index in [0.29, 0.717) is 29.2 Å². The summed E-state index contributed by atoms with van der Waals surface area (Å²) < 4.78 is 19.5. The summed E-state index contributed by atoms with van der Waals surface area (Å²) in [5, 5.41) is 2.76. The molecule has 0 atom stereocenters. The number of rotatable bonds is 6. The molecule has 0 aliphatic heterocycles. The van der Waals surface area contributed by atoms with Crippen molar-refractivity contribution in [1.29, 1.82) is 0 Å². The van der Waals surface area contributed by atoms with Crippen molar-refractivity contribution in [3.05, 3.63) is 87.9 Å². The number of carbonyl (C=O) groups excluding carboxylic acids is 1. The molecule has 0 bridgehead atoms. The van der Waals surface area contributed by atoms with Crippen molar-refractivity contribution in [1.82, 2.24) is 4.98 Å². The fraction of sp³-hybridized carbons (Fsp3) is 0.100. The molecule has 5 nitrogen and oxygen atoms in total. The van der Waals surface area contributed by atoms with E-state index in [-0.39, 0.29) is 16.9 Å². The SMILES string of the molecule is NCc1cc(F)c(Br)cc1NC(=O)c1ccc(OCc2ccccn2)cc1. The average molecular weight is 430 g/mol. The van der Waals surface area contributed by atoms with Crippen molar-refractivity contribution in [2.75, 3.05) is 5.32 Å². The summed E-state index contributed by atoms with van der Waals surface area (Å²) in [6, 6.07) is 15.1. The van der Waals surface area contributed by atoms with Crippen LogP contribution in [-0.2, 0) is 13.2 Å². The maximum Gasteiger partial charge on any atom is 0.255 e. The predicted octanol–water partition coefficient (Wildman–Crippen LogP) is 4.27. The van der Waals surface area contributed by atoms with Crippen molar-refractivity contribution in [3.63, 3.8) is 0 Å². The van der Waals surface area contributed by atoms with Crippen LogP contribution in [0.15, 0.2) is 65.3 Å². The third kappa shape index (κ3) is 4.90. The average Bonchev–Trinajstić information content (AvgIpc) is 2.70. The lowest BCUT2D eigenvalue weighted by molar-refractivity contribution is 0.102. The molecule has 3 rings (SSSR count). The zero-order chi connectivity index (χ0) is 19.2. The molecule has 0 radical (unpaired) electrons. The van der Waals surface area contributed by atoms with Crippen LogP contribution in [0.1, 0.15) is 21.6 Å². The highest BCUT2D eigenvalue weighted by molar-refractivity contribution is 9.10. The lowest BCUT2D eigenvalue weighted by atomic mass is 10.1. The van der Waals surface area contributed by atoms with E-state index in [9.17, 15) is 9.18 Å². The normalized spacial score (nSPS) is 10.5. The number of hydrogen-bond acceptors (Lipinski definition) is 4. The second-order valence-electron chi connectivity index (χ2n) is 5.72. The fourth-order valence-electron chi connectivity index (χ4n) is 2.41. The van der Waals surface area contributed by atoms with E-state index < -0.39 is 5.82 Å². The number of nitrogens with two attached hydrogens (primary N) is 1. The van der Waals surface area contributed by atoms with Gasteiger partial charge in [0.05, 0.1) is 10.2 Å². The number of anilines is 1. The maximum atomic E-state index is 13.6. The highest BCUT2D eigenvalue weighted by atomic mass is 79.9. The molecule has 7 heteroatoms. The highest BCUT2D eigenvalue weighted by Crippen LogP contribution is 2.25. The predicted molar refractivity (Wildman–Crippen MR) is 105 cm³/mol. The second-order valence-corrected chi connectivity index (χ2v) is 6.57. The van der Waals surface area contributed by atoms with Crippen molar-refractivity contribution < 1.29 is 13.9 Å². The zero-order valence-corrected chi connectivity index (χ0v) is 15.9. The van der Waals surface area contributed by atoms with E-state index in [1.807, 2.05) is 18.2 Å². The topological polar surface area (TPSA) is 77.2 Å². The Morgan fingerprint density at radius 1 is 1.19 bits per heavy atom. The molecule has 27 heavy (non-hydrogen) atoms. The molecule has 0 saturated heterocycles. The third-order valence-corrected chi connectivity index (χ3v) is 4.45. The highest BCUT2D eigenvalue weighted by Gasteiger charge is 2.12. The Balaban J connectivity index is 1.66. The molecule has 2 aromatic carbocycles. The van der Waals surface area contributed by atoms with Gasteiger partial charge in [-0.3, -0.25) is 9.78 Å². The van der Waals surface area contributed by atoms with E-state index in [2.05, 4.69) is 26.2 Å². The zero-order valence-electron chi connectivity index (χ0n) is 14.3. The first-order valence-corrected chi connectivity index (χ1v) is 8.98. The van der Waals surface area contributed by atoms with Gasteiger partial charge in [-0.25, -0.2) is 4.39 Å². The molecule has 1 amide bonds. The maximum absolute atomic E-state index is 13.6. The van der Waals surface area contributed by atoms with Crippen LogP contribution in [0.25, 0.3) is 0 Å². The largest absolute Gasteiger partial charge is 0.487 e. The molecule has 0 saturated carbocycles.